The number of ether oxygens (including phenoxy) is 1. The van der Waals surface area contributed by atoms with E-state index >= 15 is 0 Å². The van der Waals surface area contributed by atoms with Crippen molar-refractivity contribution in [1.29, 1.82) is 0 Å². The second-order valence-electron chi connectivity index (χ2n) is 3.64. The molecule has 6 nitrogen and oxygen atoms in total. The number of esters is 1. The van der Waals surface area contributed by atoms with Crippen molar-refractivity contribution in [1.82, 2.24) is 4.72 Å². The Morgan fingerprint density at radius 1 is 1.47 bits per heavy atom. The van der Waals surface area contributed by atoms with E-state index < -0.39 is 16.0 Å². The summed E-state index contributed by atoms with van der Waals surface area (Å²) in [6.07, 6.45) is -0.0208. The number of nitrogen functional groups attached to an aromatic ring is 1. The maximum Gasteiger partial charge on any atom is 0.307 e. The molecule has 0 aliphatic rings. The minimum Gasteiger partial charge on any atom is -0.466 e. The van der Waals surface area contributed by atoms with Crippen molar-refractivity contribution >= 4 is 37.6 Å². The third-order valence-electron chi connectivity index (χ3n) is 2.17. The SMILES string of the molecule is CCOC(=O)CCNS(=O)(=O)c1cc(N)ccc1Br. The summed E-state index contributed by atoms with van der Waals surface area (Å²) < 4.78 is 31.4. The number of sulfonamides is 1. The largest absolute Gasteiger partial charge is 0.466 e. The first-order chi connectivity index (χ1) is 8.86. The number of hydrogen-bond acceptors (Lipinski definition) is 5. The van der Waals surface area contributed by atoms with Crippen molar-refractivity contribution in [3.8, 4) is 0 Å². The number of nitrogens with two attached hydrogens (primary N) is 1. The molecule has 0 aromatic heterocycles. The lowest BCUT2D eigenvalue weighted by atomic mass is 10.3. The molecule has 106 valence electrons. The van der Waals surface area contributed by atoms with E-state index in [1.165, 1.54) is 6.07 Å². The highest BCUT2D eigenvalue weighted by atomic mass is 79.9. The molecule has 1 aromatic carbocycles. The molecular formula is C11H15BrN2O4S. The van der Waals surface area contributed by atoms with Gasteiger partial charge in [-0.1, -0.05) is 0 Å². The fraction of sp³-hybridized carbons (Fsp3) is 0.364. The van der Waals surface area contributed by atoms with Gasteiger partial charge in [-0.3, -0.25) is 4.79 Å². The molecule has 0 aliphatic heterocycles. The molecule has 0 saturated carbocycles. The summed E-state index contributed by atoms with van der Waals surface area (Å²) in [6.45, 7) is 1.93. The van der Waals surface area contributed by atoms with Crippen LogP contribution in [0.1, 0.15) is 13.3 Å². The first kappa shape index (κ1) is 15.9. The van der Waals surface area contributed by atoms with Crippen molar-refractivity contribution < 1.29 is 17.9 Å². The number of rotatable bonds is 6. The molecule has 0 atom stereocenters. The molecular weight excluding hydrogens is 336 g/mol. The molecule has 0 aliphatic carbocycles. The standard InChI is InChI=1S/C11H15BrN2O4S/c1-2-18-11(15)5-6-14-19(16,17)10-7-8(13)3-4-9(10)12/h3-4,7,14H,2,5-6,13H2,1H3. The van der Waals surface area contributed by atoms with Crippen LogP contribution in [0.4, 0.5) is 5.69 Å². The summed E-state index contributed by atoms with van der Waals surface area (Å²) in [6, 6.07) is 4.48. The van der Waals surface area contributed by atoms with Crippen molar-refractivity contribution in [3.63, 3.8) is 0 Å². The third kappa shape index (κ3) is 4.81. The summed E-state index contributed by atoms with van der Waals surface area (Å²) >= 11 is 3.15. The number of halogens is 1. The monoisotopic (exact) mass is 350 g/mol. The van der Waals surface area contributed by atoms with Crippen LogP contribution in [0.2, 0.25) is 0 Å². The second kappa shape index (κ2) is 6.88. The summed E-state index contributed by atoms with van der Waals surface area (Å²) in [7, 11) is -3.71. The van der Waals surface area contributed by atoms with Crippen molar-refractivity contribution in [2.75, 3.05) is 18.9 Å². The number of carbonyl (C=O) groups is 1. The number of hydrogen-bond donors (Lipinski definition) is 2. The zero-order chi connectivity index (χ0) is 14.5. The first-order valence-electron chi connectivity index (χ1n) is 5.57. The van der Waals surface area contributed by atoms with Crippen LogP contribution in [0, 0.1) is 0 Å². The number of anilines is 1. The van der Waals surface area contributed by atoms with Crippen LogP contribution in [0.3, 0.4) is 0 Å². The third-order valence-corrected chi connectivity index (χ3v) is 4.63. The lowest BCUT2D eigenvalue weighted by Crippen LogP contribution is -2.27. The van der Waals surface area contributed by atoms with E-state index in [0.29, 0.717) is 10.2 Å². The lowest BCUT2D eigenvalue weighted by Gasteiger charge is -2.09. The summed E-state index contributed by atoms with van der Waals surface area (Å²) in [5, 5.41) is 0. The van der Waals surface area contributed by atoms with Gasteiger partial charge in [0.05, 0.1) is 17.9 Å². The van der Waals surface area contributed by atoms with Crippen molar-refractivity contribution in [3.05, 3.63) is 22.7 Å². The van der Waals surface area contributed by atoms with E-state index in [1.807, 2.05) is 0 Å². The maximum absolute atomic E-state index is 12.0. The van der Waals surface area contributed by atoms with Crippen LogP contribution < -0.4 is 10.5 Å². The van der Waals surface area contributed by atoms with Gasteiger partial charge in [0.15, 0.2) is 0 Å². The van der Waals surface area contributed by atoms with Gasteiger partial charge in [-0.2, -0.15) is 0 Å². The number of carbonyl (C=O) groups excluding carboxylic acids is 1. The smallest absolute Gasteiger partial charge is 0.307 e. The normalized spacial score (nSPS) is 11.3. The molecule has 0 radical (unpaired) electrons. The molecule has 1 aromatic rings. The van der Waals surface area contributed by atoms with Crippen LogP contribution in [-0.2, 0) is 19.6 Å². The van der Waals surface area contributed by atoms with Crippen LogP contribution in [0.5, 0.6) is 0 Å². The molecule has 19 heavy (non-hydrogen) atoms. The molecule has 1 rings (SSSR count). The average molecular weight is 351 g/mol. The quantitative estimate of drug-likeness (QED) is 0.594. The van der Waals surface area contributed by atoms with Gasteiger partial charge in [-0.15, -0.1) is 0 Å². The second-order valence-corrected chi connectivity index (χ2v) is 6.23. The van der Waals surface area contributed by atoms with Crippen molar-refractivity contribution in [2.45, 2.75) is 18.2 Å². The fourth-order valence-corrected chi connectivity index (χ4v) is 3.35. The van der Waals surface area contributed by atoms with E-state index in [4.69, 9.17) is 10.5 Å². The Morgan fingerprint density at radius 3 is 2.79 bits per heavy atom. The summed E-state index contributed by atoms with van der Waals surface area (Å²) in [5.41, 5.74) is 5.90. The molecule has 8 heteroatoms. The molecule has 0 spiro atoms. The van der Waals surface area contributed by atoms with E-state index in [2.05, 4.69) is 20.7 Å². The highest BCUT2D eigenvalue weighted by Crippen LogP contribution is 2.23. The van der Waals surface area contributed by atoms with E-state index in [-0.39, 0.29) is 24.5 Å². The van der Waals surface area contributed by atoms with Gasteiger partial charge in [0.2, 0.25) is 10.0 Å². The van der Waals surface area contributed by atoms with Crippen LogP contribution in [-0.4, -0.2) is 27.5 Å². The average Bonchev–Trinajstić information content (AvgIpc) is 2.32. The van der Waals surface area contributed by atoms with Crippen LogP contribution in [0.15, 0.2) is 27.6 Å². The van der Waals surface area contributed by atoms with Gasteiger partial charge in [0, 0.05) is 16.7 Å². The van der Waals surface area contributed by atoms with Crippen molar-refractivity contribution in [2.24, 2.45) is 0 Å². The number of nitrogens with one attached hydrogen (secondary N) is 1. The molecule has 0 amide bonds. The topological polar surface area (TPSA) is 98.5 Å². The molecule has 0 bridgehead atoms. The minimum atomic E-state index is -3.71. The highest BCUT2D eigenvalue weighted by Gasteiger charge is 2.18. The van der Waals surface area contributed by atoms with Gasteiger partial charge in [0.1, 0.15) is 0 Å². The van der Waals surface area contributed by atoms with E-state index in [0.717, 1.165) is 0 Å². The van der Waals surface area contributed by atoms with Gasteiger partial charge in [0.25, 0.3) is 0 Å². The summed E-state index contributed by atoms with van der Waals surface area (Å²) in [5.74, 6) is -0.447. The van der Waals surface area contributed by atoms with Gasteiger partial charge >= 0.3 is 5.97 Å². The molecule has 0 unspecified atom stereocenters. The Kier molecular flexibility index (Phi) is 5.77. The van der Waals surface area contributed by atoms with E-state index in [9.17, 15) is 13.2 Å². The molecule has 3 N–H and O–H groups in total. The zero-order valence-electron chi connectivity index (χ0n) is 10.3. The molecule has 0 fully saturated rings. The van der Waals surface area contributed by atoms with Crippen LogP contribution >= 0.6 is 15.9 Å². The van der Waals surface area contributed by atoms with Crippen LogP contribution in [0.25, 0.3) is 0 Å². The van der Waals surface area contributed by atoms with Gasteiger partial charge < -0.3 is 10.5 Å². The number of benzene rings is 1. The fourth-order valence-electron chi connectivity index (χ4n) is 1.32. The Labute approximate surface area is 120 Å². The predicted octanol–water partition coefficient (Wildman–Crippen LogP) is 1.26. The van der Waals surface area contributed by atoms with E-state index in [1.54, 1.807) is 19.1 Å². The Balaban J connectivity index is 2.71. The van der Waals surface area contributed by atoms with Gasteiger partial charge in [-0.25, -0.2) is 13.1 Å². The Morgan fingerprint density at radius 2 is 2.16 bits per heavy atom. The van der Waals surface area contributed by atoms with Gasteiger partial charge in [-0.05, 0) is 41.1 Å². The first-order valence-corrected chi connectivity index (χ1v) is 7.84. The molecule has 0 heterocycles. The predicted molar refractivity (Wildman–Crippen MR) is 75.0 cm³/mol. The lowest BCUT2D eigenvalue weighted by molar-refractivity contribution is -0.142. The zero-order valence-corrected chi connectivity index (χ0v) is 12.8. The Bertz CT molecular complexity index is 560. The summed E-state index contributed by atoms with van der Waals surface area (Å²) in [4.78, 5) is 11.1. The molecule has 0 saturated heterocycles. The highest BCUT2D eigenvalue weighted by molar-refractivity contribution is 9.10. The maximum atomic E-state index is 12.0. The Hall–Kier alpha value is -1.12. The minimum absolute atomic E-state index is 0.0208.